The van der Waals surface area contributed by atoms with Gasteiger partial charge in [0.05, 0.1) is 28.6 Å². The van der Waals surface area contributed by atoms with Gasteiger partial charge in [-0.05, 0) is 49.4 Å². The van der Waals surface area contributed by atoms with Crippen molar-refractivity contribution in [2.45, 2.75) is 36.6 Å². The molecule has 1 atom stereocenters. The topological polar surface area (TPSA) is 142 Å². The second-order valence-corrected chi connectivity index (χ2v) is 10.4. The number of hydrogen-bond acceptors (Lipinski definition) is 7. The van der Waals surface area contributed by atoms with Crippen molar-refractivity contribution in [3.05, 3.63) is 42.5 Å². The summed E-state index contributed by atoms with van der Waals surface area (Å²) in [7, 11) is -6.38. The van der Waals surface area contributed by atoms with Gasteiger partial charge in [-0.15, -0.1) is 0 Å². The molecule has 2 rings (SSSR count). The summed E-state index contributed by atoms with van der Waals surface area (Å²) in [6.45, 7) is 5.22. The number of methoxy groups -OCH3 is 1. The van der Waals surface area contributed by atoms with Gasteiger partial charge in [-0.2, -0.15) is 9.03 Å². The molecule has 32 heavy (non-hydrogen) atoms. The van der Waals surface area contributed by atoms with E-state index in [9.17, 15) is 26.7 Å². The van der Waals surface area contributed by atoms with Gasteiger partial charge < -0.3 is 15.2 Å². The van der Waals surface area contributed by atoms with E-state index < -0.39 is 32.0 Å². The van der Waals surface area contributed by atoms with Crippen LogP contribution in [0, 0.1) is 0 Å². The number of carbonyl (C=O) groups is 1. The van der Waals surface area contributed by atoms with E-state index in [4.69, 9.17) is 4.74 Å². The van der Waals surface area contributed by atoms with Crippen LogP contribution in [0.3, 0.4) is 0 Å². The summed E-state index contributed by atoms with van der Waals surface area (Å²) in [4.78, 5) is 12.4. The number of amides is 1. The van der Waals surface area contributed by atoms with Crippen LogP contribution >= 0.6 is 0 Å². The van der Waals surface area contributed by atoms with Crippen LogP contribution in [0.2, 0.25) is 0 Å². The Kier molecular flexibility index (Phi) is 8.24. The minimum atomic E-state index is -4.01. The van der Waals surface area contributed by atoms with Gasteiger partial charge in [-0.1, -0.05) is 13.8 Å². The zero-order valence-electron chi connectivity index (χ0n) is 18.2. The first-order chi connectivity index (χ1) is 15.0. The van der Waals surface area contributed by atoms with Gasteiger partial charge in [0.25, 0.3) is 0 Å². The first-order valence-corrected chi connectivity index (χ1v) is 12.7. The number of carbonyl (C=O) groups excluding carboxylic acids is 1. The van der Waals surface area contributed by atoms with Crippen LogP contribution in [-0.2, 0) is 24.8 Å². The first kappa shape index (κ1) is 25.6. The number of phenolic OH excluding ortho intramolecular Hbond substituents is 1. The van der Waals surface area contributed by atoms with Crippen molar-refractivity contribution in [1.29, 1.82) is 0 Å². The third kappa shape index (κ3) is 5.76. The van der Waals surface area contributed by atoms with E-state index in [0.29, 0.717) is 5.75 Å². The third-order valence-electron chi connectivity index (χ3n) is 4.66. The molecule has 0 saturated heterocycles. The van der Waals surface area contributed by atoms with E-state index in [0.717, 1.165) is 12.1 Å². The number of rotatable bonds is 10. The Morgan fingerprint density at radius 2 is 1.59 bits per heavy atom. The molecule has 0 bridgehead atoms. The maximum Gasteiger partial charge on any atom is 0.243 e. The maximum absolute atomic E-state index is 12.7. The highest BCUT2D eigenvalue weighted by Gasteiger charge is 2.25. The minimum Gasteiger partial charge on any atom is -0.506 e. The van der Waals surface area contributed by atoms with Gasteiger partial charge in [-0.3, -0.25) is 4.79 Å². The van der Waals surface area contributed by atoms with Gasteiger partial charge in [0.1, 0.15) is 11.5 Å². The minimum absolute atomic E-state index is 0.0619. The van der Waals surface area contributed by atoms with Gasteiger partial charge in [0.15, 0.2) is 0 Å². The third-order valence-corrected chi connectivity index (χ3v) is 8.27. The van der Waals surface area contributed by atoms with E-state index in [2.05, 4.69) is 10.0 Å². The molecule has 2 aromatic carbocycles. The molecule has 2 aromatic rings. The van der Waals surface area contributed by atoms with Crippen LogP contribution in [0.15, 0.2) is 52.3 Å². The monoisotopic (exact) mass is 485 g/mol. The lowest BCUT2D eigenvalue weighted by Gasteiger charge is -2.20. The Balaban J connectivity index is 2.21. The van der Waals surface area contributed by atoms with Crippen molar-refractivity contribution in [3.8, 4) is 11.5 Å². The smallest absolute Gasteiger partial charge is 0.243 e. The predicted octanol–water partition coefficient (Wildman–Crippen LogP) is 1.74. The molecular weight excluding hydrogens is 458 g/mol. The maximum atomic E-state index is 12.7. The molecule has 1 amide bonds. The van der Waals surface area contributed by atoms with E-state index in [1.165, 1.54) is 48.7 Å². The highest BCUT2D eigenvalue weighted by molar-refractivity contribution is 7.89. The van der Waals surface area contributed by atoms with Crippen molar-refractivity contribution >= 4 is 31.6 Å². The van der Waals surface area contributed by atoms with E-state index in [1.54, 1.807) is 13.8 Å². The molecule has 0 aliphatic rings. The SMILES string of the molecule is CCN(CC)S(=O)(=O)c1ccc(O)c(NC(=O)[C@H](C)NS(=O)(=O)c2ccc(OC)cc2)c1. The standard InChI is InChI=1S/C20H27N3O7S2/c1-5-23(6-2)32(28,29)17-11-12-19(24)18(13-17)21-20(25)14(3)22-31(26,27)16-9-7-15(30-4)8-10-16/h7-14,22,24H,5-6H2,1-4H3,(H,21,25)/t14-/m0/s1. The Morgan fingerprint density at radius 1 is 1.03 bits per heavy atom. The lowest BCUT2D eigenvalue weighted by molar-refractivity contribution is -0.117. The average Bonchev–Trinajstić information content (AvgIpc) is 2.75. The Labute approximate surface area is 188 Å². The number of nitrogens with one attached hydrogen (secondary N) is 2. The molecule has 176 valence electrons. The molecule has 0 heterocycles. The summed E-state index contributed by atoms with van der Waals surface area (Å²) in [5, 5.41) is 12.4. The molecule has 0 fully saturated rings. The molecule has 0 saturated carbocycles. The van der Waals surface area contributed by atoms with Crippen LogP contribution in [0.4, 0.5) is 5.69 Å². The van der Waals surface area contributed by atoms with Gasteiger partial charge >= 0.3 is 0 Å². The fourth-order valence-electron chi connectivity index (χ4n) is 2.84. The molecule has 0 radical (unpaired) electrons. The van der Waals surface area contributed by atoms with Crippen molar-refractivity contribution in [2.24, 2.45) is 0 Å². The van der Waals surface area contributed by atoms with Gasteiger partial charge in [-0.25, -0.2) is 16.8 Å². The number of anilines is 1. The van der Waals surface area contributed by atoms with Crippen molar-refractivity contribution < 1.29 is 31.5 Å². The Morgan fingerprint density at radius 3 is 2.12 bits per heavy atom. The second kappa shape index (κ2) is 10.3. The Hall–Kier alpha value is -2.67. The molecule has 0 aliphatic carbocycles. The van der Waals surface area contributed by atoms with E-state index >= 15 is 0 Å². The molecular formula is C20H27N3O7S2. The van der Waals surface area contributed by atoms with E-state index in [-0.39, 0.29) is 34.3 Å². The number of nitrogens with zero attached hydrogens (tertiary/aromatic N) is 1. The molecule has 0 aromatic heterocycles. The van der Waals surface area contributed by atoms with Crippen molar-refractivity contribution in [3.63, 3.8) is 0 Å². The molecule has 0 unspecified atom stereocenters. The summed E-state index contributed by atoms with van der Waals surface area (Å²) in [6.07, 6.45) is 0. The average molecular weight is 486 g/mol. The zero-order chi connectivity index (χ0) is 24.1. The summed E-state index contributed by atoms with van der Waals surface area (Å²) in [6, 6.07) is 7.90. The fraction of sp³-hybridized carbons (Fsp3) is 0.350. The lowest BCUT2D eigenvalue weighted by Crippen LogP contribution is -2.41. The summed E-state index contributed by atoms with van der Waals surface area (Å²) in [5.41, 5.74) is -0.154. The predicted molar refractivity (Wildman–Crippen MR) is 120 cm³/mol. The summed E-state index contributed by atoms with van der Waals surface area (Å²) in [5.74, 6) is -0.665. The van der Waals surface area contributed by atoms with Crippen molar-refractivity contribution in [1.82, 2.24) is 9.03 Å². The second-order valence-electron chi connectivity index (χ2n) is 6.78. The number of ether oxygens (including phenoxy) is 1. The van der Waals surface area contributed by atoms with E-state index in [1.807, 2.05) is 0 Å². The number of sulfonamides is 2. The van der Waals surface area contributed by atoms with Crippen LogP contribution in [0.5, 0.6) is 11.5 Å². The highest BCUT2D eigenvalue weighted by Crippen LogP contribution is 2.28. The van der Waals surface area contributed by atoms with Gasteiger partial charge in [0.2, 0.25) is 26.0 Å². The van der Waals surface area contributed by atoms with Crippen LogP contribution in [0.1, 0.15) is 20.8 Å². The van der Waals surface area contributed by atoms with Crippen LogP contribution in [0.25, 0.3) is 0 Å². The molecule has 0 aliphatic heterocycles. The molecule has 12 heteroatoms. The van der Waals surface area contributed by atoms with Crippen LogP contribution < -0.4 is 14.8 Å². The number of hydrogen-bond donors (Lipinski definition) is 3. The molecule has 3 N–H and O–H groups in total. The number of phenols is 1. The lowest BCUT2D eigenvalue weighted by atomic mass is 10.2. The largest absolute Gasteiger partial charge is 0.506 e. The normalized spacial score (nSPS) is 13.0. The molecule has 0 spiro atoms. The van der Waals surface area contributed by atoms with Crippen molar-refractivity contribution in [2.75, 3.05) is 25.5 Å². The van der Waals surface area contributed by atoms with Crippen LogP contribution in [-0.4, -0.2) is 58.4 Å². The number of benzene rings is 2. The fourth-order valence-corrected chi connectivity index (χ4v) is 5.53. The summed E-state index contributed by atoms with van der Waals surface area (Å²) < 4.78 is 58.9. The Bertz CT molecular complexity index is 1160. The quantitative estimate of drug-likeness (QED) is 0.435. The number of aromatic hydroxyl groups is 1. The first-order valence-electron chi connectivity index (χ1n) is 9.76. The highest BCUT2D eigenvalue weighted by atomic mass is 32.2. The zero-order valence-corrected chi connectivity index (χ0v) is 19.8. The summed E-state index contributed by atoms with van der Waals surface area (Å²) >= 11 is 0. The van der Waals surface area contributed by atoms with Gasteiger partial charge in [0, 0.05) is 13.1 Å². The molecule has 10 nitrogen and oxygen atoms in total.